The largest absolute Gasteiger partial charge is 0.347 e. The Morgan fingerprint density at radius 1 is 1.00 bits per heavy atom. The molecule has 0 spiro atoms. The summed E-state index contributed by atoms with van der Waals surface area (Å²) in [5.41, 5.74) is 4.13. The highest BCUT2D eigenvalue weighted by Crippen LogP contribution is 2.46. The van der Waals surface area contributed by atoms with Gasteiger partial charge in [-0.2, -0.15) is 4.31 Å². The molecule has 2 aliphatic rings. The van der Waals surface area contributed by atoms with Crippen LogP contribution in [0.2, 0.25) is 0 Å². The van der Waals surface area contributed by atoms with E-state index >= 15 is 0 Å². The number of piperazine rings is 1. The van der Waals surface area contributed by atoms with Crippen molar-refractivity contribution in [1.82, 2.24) is 9.21 Å². The molecule has 0 bridgehead atoms. The summed E-state index contributed by atoms with van der Waals surface area (Å²) in [6.45, 7) is 8.37. The molecule has 0 saturated carbocycles. The summed E-state index contributed by atoms with van der Waals surface area (Å²) in [7, 11) is -1.50. The van der Waals surface area contributed by atoms with Crippen molar-refractivity contribution in [2.75, 3.05) is 44.7 Å². The Morgan fingerprint density at radius 2 is 1.62 bits per heavy atom. The Kier molecular flexibility index (Phi) is 6.00. The van der Waals surface area contributed by atoms with Crippen LogP contribution in [0, 0.1) is 6.92 Å². The summed E-state index contributed by atoms with van der Waals surface area (Å²) in [6.07, 6.45) is 1.76. The molecule has 32 heavy (non-hydrogen) atoms. The lowest BCUT2D eigenvalue weighted by atomic mass is 9.83. The van der Waals surface area contributed by atoms with Gasteiger partial charge in [0.25, 0.3) is 0 Å². The number of hydrogen-bond acceptors (Lipinski definition) is 5. The number of aryl methyl sites for hydroxylation is 1. The quantitative estimate of drug-likeness (QED) is 0.651. The van der Waals surface area contributed by atoms with Crippen molar-refractivity contribution in [3.05, 3.63) is 71.4 Å². The minimum atomic E-state index is -3.50. The standard InChI is InChI=1S/C25H31N3O3S/c1-19-9-11-21(12-10-19)32(30,31)28-15-13-27(14-16-28)18-20(29)17-24-25(2,3)22-7-5-6-8-23(22)26(24)4/h5-12,17H,13-16,18H2,1-4H3. The van der Waals surface area contributed by atoms with Crippen molar-refractivity contribution in [3.63, 3.8) is 0 Å². The van der Waals surface area contributed by atoms with E-state index in [1.165, 1.54) is 9.87 Å². The molecule has 0 atom stereocenters. The molecule has 0 unspecified atom stereocenters. The van der Waals surface area contributed by atoms with Crippen molar-refractivity contribution in [3.8, 4) is 0 Å². The summed E-state index contributed by atoms with van der Waals surface area (Å²) in [5, 5.41) is 0. The second-order valence-electron chi connectivity index (χ2n) is 9.19. The van der Waals surface area contributed by atoms with Crippen molar-refractivity contribution in [2.24, 2.45) is 0 Å². The highest BCUT2D eigenvalue weighted by Gasteiger charge is 2.38. The first-order chi connectivity index (χ1) is 15.1. The first-order valence-electron chi connectivity index (χ1n) is 11.0. The summed E-state index contributed by atoms with van der Waals surface area (Å²) in [6, 6.07) is 15.2. The van der Waals surface area contributed by atoms with Crippen molar-refractivity contribution in [2.45, 2.75) is 31.1 Å². The molecule has 6 nitrogen and oxygen atoms in total. The molecule has 2 heterocycles. The van der Waals surface area contributed by atoms with Gasteiger partial charge in [0.15, 0.2) is 5.78 Å². The molecule has 0 aliphatic carbocycles. The average molecular weight is 454 g/mol. The molecule has 2 aromatic carbocycles. The number of allylic oxidation sites excluding steroid dienone is 1. The molecule has 2 aromatic rings. The summed E-state index contributed by atoms with van der Waals surface area (Å²) in [4.78, 5) is 17.4. The maximum atomic E-state index is 12.9. The third kappa shape index (κ3) is 4.12. The van der Waals surface area contributed by atoms with Crippen LogP contribution in [0.4, 0.5) is 5.69 Å². The van der Waals surface area contributed by atoms with Gasteiger partial charge in [0.05, 0.1) is 11.4 Å². The van der Waals surface area contributed by atoms with Gasteiger partial charge in [-0.15, -0.1) is 0 Å². The zero-order valence-electron chi connectivity index (χ0n) is 19.2. The van der Waals surface area contributed by atoms with Crippen LogP contribution in [0.3, 0.4) is 0 Å². The van der Waals surface area contributed by atoms with E-state index < -0.39 is 10.0 Å². The molecular weight excluding hydrogens is 422 g/mol. The van der Waals surface area contributed by atoms with Crippen LogP contribution in [0.15, 0.2) is 65.2 Å². The van der Waals surface area contributed by atoms with Gasteiger partial charge in [-0.05, 0) is 30.7 Å². The van der Waals surface area contributed by atoms with E-state index in [0.717, 1.165) is 16.9 Å². The van der Waals surface area contributed by atoms with Crippen molar-refractivity contribution < 1.29 is 13.2 Å². The lowest BCUT2D eigenvalue weighted by Crippen LogP contribution is -2.49. The van der Waals surface area contributed by atoms with Gasteiger partial charge in [-0.1, -0.05) is 49.7 Å². The van der Waals surface area contributed by atoms with Crippen molar-refractivity contribution in [1.29, 1.82) is 0 Å². The Labute approximate surface area is 191 Å². The smallest absolute Gasteiger partial charge is 0.243 e. The topological polar surface area (TPSA) is 60.9 Å². The highest BCUT2D eigenvalue weighted by atomic mass is 32.2. The molecule has 2 aliphatic heterocycles. The number of anilines is 1. The Hall–Kier alpha value is -2.48. The fourth-order valence-corrected chi connectivity index (χ4v) is 6.09. The van der Waals surface area contributed by atoms with Gasteiger partial charge in [0.1, 0.15) is 0 Å². The Morgan fingerprint density at radius 3 is 2.25 bits per heavy atom. The minimum absolute atomic E-state index is 0.0440. The van der Waals surface area contributed by atoms with E-state index in [9.17, 15) is 13.2 Å². The van der Waals surface area contributed by atoms with Crippen LogP contribution in [0.5, 0.6) is 0 Å². The number of carbonyl (C=O) groups excluding carboxylic acids is 1. The number of nitrogens with zero attached hydrogens (tertiary/aromatic N) is 3. The van der Waals surface area contributed by atoms with Crippen LogP contribution >= 0.6 is 0 Å². The van der Waals surface area contributed by atoms with Gasteiger partial charge < -0.3 is 4.90 Å². The number of benzene rings is 2. The number of ketones is 1. The van der Waals surface area contributed by atoms with E-state index in [2.05, 4.69) is 30.9 Å². The summed E-state index contributed by atoms with van der Waals surface area (Å²) < 4.78 is 27.3. The SMILES string of the molecule is Cc1ccc(S(=O)(=O)N2CCN(CC(=O)C=C3N(C)c4ccccc4C3(C)C)CC2)cc1. The monoisotopic (exact) mass is 453 g/mol. The highest BCUT2D eigenvalue weighted by molar-refractivity contribution is 7.89. The maximum Gasteiger partial charge on any atom is 0.243 e. The van der Waals surface area contributed by atoms with Crippen LogP contribution in [0.25, 0.3) is 0 Å². The lowest BCUT2D eigenvalue weighted by Gasteiger charge is -2.33. The van der Waals surface area contributed by atoms with Gasteiger partial charge in [0.2, 0.25) is 10.0 Å². The van der Waals surface area contributed by atoms with Gasteiger partial charge >= 0.3 is 0 Å². The second-order valence-corrected chi connectivity index (χ2v) is 11.1. The Balaban J connectivity index is 1.40. The molecular formula is C25H31N3O3S. The molecule has 1 fully saturated rings. The number of para-hydroxylation sites is 1. The van der Waals surface area contributed by atoms with E-state index in [-0.39, 0.29) is 11.2 Å². The first kappa shape index (κ1) is 22.7. The van der Waals surface area contributed by atoms with Crippen LogP contribution in [-0.2, 0) is 20.2 Å². The number of carbonyl (C=O) groups is 1. The predicted octanol–water partition coefficient (Wildman–Crippen LogP) is 3.18. The van der Waals surface area contributed by atoms with E-state index in [1.54, 1.807) is 18.2 Å². The fourth-order valence-electron chi connectivity index (χ4n) is 4.66. The molecule has 0 N–H and O–H groups in total. The van der Waals surface area contributed by atoms with Crippen LogP contribution < -0.4 is 4.90 Å². The zero-order chi connectivity index (χ0) is 23.1. The molecule has 0 radical (unpaired) electrons. The molecule has 1 saturated heterocycles. The number of rotatable bonds is 5. The van der Waals surface area contributed by atoms with Crippen LogP contribution in [-0.4, -0.2) is 63.2 Å². The second kappa shape index (κ2) is 8.46. The molecule has 7 heteroatoms. The molecule has 170 valence electrons. The third-order valence-electron chi connectivity index (χ3n) is 6.61. The van der Waals surface area contributed by atoms with Gasteiger partial charge in [0, 0.05) is 56.1 Å². The predicted molar refractivity (Wildman–Crippen MR) is 127 cm³/mol. The average Bonchev–Trinajstić information content (AvgIpc) is 2.95. The third-order valence-corrected chi connectivity index (χ3v) is 8.52. The molecule has 4 rings (SSSR count). The molecule has 0 aromatic heterocycles. The van der Waals surface area contributed by atoms with Gasteiger partial charge in [-0.3, -0.25) is 9.69 Å². The van der Waals surface area contributed by atoms with E-state index in [0.29, 0.717) is 37.6 Å². The van der Waals surface area contributed by atoms with Crippen LogP contribution in [0.1, 0.15) is 25.0 Å². The van der Waals surface area contributed by atoms with Crippen molar-refractivity contribution >= 4 is 21.5 Å². The number of sulfonamides is 1. The minimum Gasteiger partial charge on any atom is -0.347 e. The zero-order valence-corrected chi connectivity index (χ0v) is 20.0. The number of fused-ring (bicyclic) bond motifs is 1. The Bertz CT molecular complexity index is 1150. The lowest BCUT2D eigenvalue weighted by molar-refractivity contribution is -0.116. The van der Waals surface area contributed by atoms with E-state index in [1.807, 2.05) is 43.1 Å². The summed E-state index contributed by atoms with van der Waals surface area (Å²) >= 11 is 0. The van der Waals surface area contributed by atoms with Gasteiger partial charge in [-0.25, -0.2) is 8.42 Å². The number of likely N-dealkylation sites (N-methyl/N-ethyl adjacent to an activating group) is 1. The number of hydrogen-bond donors (Lipinski definition) is 0. The first-order valence-corrected chi connectivity index (χ1v) is 12.4. The fraction of sp³-hybridized carbons (Fsp3) is 0.400. The molecule has 0 amide bonds. The normalized spacial score (nSPS) is 20.5. The summed E-state index contributed by atoms with van der Waals surface area (Å²) in [5.74, 6) is 0.0440. The van der Waals surface area contributed by atoms with E-state index in [4.69, 9.17) is 0 Å². The maximum absolute atomic E-state index is 12.9.